The Morgan fingerprint density at radius 1 is 1.00 bits per heavy atom. The number of rotatable bonds is 9. The van der Waals surface area contributed by atoms with Gasteiger partial charge in [0.05, 0.1) is 15.6 Å². The Morgan fingerprint density at radius 3 is 2.31 bits per heavy atom. The molecule has 8 nitrogen and oxygen atoms in total. The monoisotopic (exact) mass is 471 g/mol. The molecular formula is C22H21N3O5S2. The first-order valence-corrected chi connectivity index (χ1v) is 12.2. The second kappa shape index (κ2) is 10.3. The Morgan fingerprint density at radius 2 is 1.69 bits per heavy atom. The van der Waals surface area contributed by atoms with Gasteiger partial charge in [-0.25, -0.2) is 8.42 Å². The summed E-state index contributed by atoms with van der Waals surface area (Å²) in [6, 6.07) is 19.2. The second-order valence-electron chi connectivity index (χ2n) is 6.96. The van der Waals surface area contributed by atoms with Crippen LogP contribution in [-0.2, 0) is 20.6 Å². The van der Waals surface area contributed by atoms with E-state index in [0.29, 0.717) is 17.1 Å². The third-order valence-electron chi connectivity index (χ3n) is 4.37. The van der Waals surface area contributed by atoms with E-state index in [1.165, 1.54) is 48.2 Å². The first-order chi connectivity index (χ1) is 15.2. The number of amides is 1. The maximum absolute atomic E-state index is 12.5. The number of carbonyl (C=O) groups excluding carboxylic acids is 1. The number of nitrogens with zero attached hydrogens (tertiary/aromatic N) is 1. The van der Waals surface area contributed by atoms with E-state index in [2.05, 4.69) is 10.0 Å². The van der Waals surface area contributed by atoms with Gasteiger partial charge in [0.25, 0.3) is 15.7 Å². The zero-order chi connectivity index (χ0) is 23.1. The van der Waals surface area contributed by atoms with Crippen molar-refractivity contribution in [1.82, 2.24) is 0 Å². The van der Waals surface area contributed by atoms with Crippen molar-refractivity contribution in [3.8, 4) is 0 Å². The van der Waals surface area contributed by atoms with Gasteiger partial charge in [-0.1, -0.05) is 24.3 Å². The number of nitro benzene ring substituents is 1. The molecule has 0 heterocycles. The molecule has 0 fully saturated rings. The predicted molar refractivity (Wildman–Crippen MR) is 126 cm³/mol. The fourth-order valence-electron chi connectivity index (χ4n) is 2.81. The van der Waals surface area contributed by atoms with E-state index >= 15 is 0 Å². The molecule has 0 aliphatic heterocycles. The molecule has 3 aromatic rings. The molecular weight excluding hydrogens is 450 g/mol. The first-order valence-electron chi connectivity index (χ1n) is 9.53. The zero-order valence-electron chi connectivity index (χ0n) is 17.1. The van der Waals surface area contributed by atoms with Crippen LogP contribution in [0.15, 0.2) is 77.7 Å². The van der Waals surface area contributed by atoms with E-state index in [1.807, 2.05) is 13.0 Å². The third kappa shape index (κ3) is 6.56. The van der Waals surface area contributed by atoms with Crippen molar-refractivity contribution < 1.29 is 18.1 Å². The number of thioether (sulfide) groups is 1. The fourth-order valence-corrected chi connectivity index (χ4v) is 4.65. The topological polar surface area (TPSA) is 118 Å². The summed E-state index contributed by atoms with van der Waals surface area (Å²) in [5, 5.41) is 13.4. The standard InChI is InChI=1S/C22H21N3O5S2/c1-16-3-2-4-19(13-16)24-32(29,30)21-11-7-18(8-12-21)23-22(26)15-31-14-17-5-9-20(10-6-17)25(27)28/h2-13,24H,14-15H2,1H3,(H,23,26). The van der Waals surface area contributed by atoms with Crippen LogP contribution < -0.4 is 10.0 Å². The van der Waals surface area contributed by atoms with Crippen molar-refractivity contribution in [2.45, 2.75) is 17.6 Å². The van der Waals surface area contributed by atoms with Crippen molar-refractivity contribution in [2.75, 3.05) is 15.8 Å². The van der Waals surface area contributed by atoms with Crippen molar-refractivity contribution in [1.29, 1.82) is 0 Å². The van der Waals surface area contributed by atoms with Gasteiger partial charge in [0, 0.05) is 29.3 Å². The molecule has 3 rings (SSSR count). The fraction of sp³-hybridized carbons (Fsp3) is 0.136. The Bertz CT molecular complexity index is 1210. The number of hydrogen-bond acceptors (Lipinski definition) is 6. The third-order valence-corrected chi connectivity index (χ3v) is 6.77. The second-order valence-corrected chi connectivity index (χ2v) is 9.63. The van der Waals surface area contributed by atoms with Gasteiger partial charge in [0.15, 0.2) is 0 Å². The van der Waals surface area contributed by atoms with Gasteiger partial charge in [0.1, 0.15) is 0 Å². The number of non-ortho nitro benzene ring substituents is 1. The lowest BCUT2D eigenvalue weighted by molar-refractivity contribution is -0.384. The molecule has 0 aliphatic rings. The maximum Gasteiger partial charge on any atom is 0.269 e. The molecule has 1 amide bonds. The number of benzene rings is 3. The smallest absolute Gasteiger partial charge is 0.269 e. The number of nitro groups is 1. The van der Waals surface area contributed by atoms with E-state index < -0.39 is 14.9 Å². The summed E-state index contributed by atoms with van der Waals surface area (Å²) in [6.45, 7) is 1.87. The summed E-state index contributed by atoms with van der Waals surface area (Å²) in [6.07, 6.45) is 0. The van der Waals surface area contributed by atoms with Crippen molar-refractivity contribution >= 4 is 44.8 Å². The van der Waals surface area contributed by atoms with E-state index in [1.54, 1.807) is 30.3 Å². The summed E-state index contributed by atoms with van der Waals surface area (Å²) in [4.78, 5) is 22.4. The van der Waals surface area contributed by atoms with Crippen LogP contribution >= 0.6 is 11.8 Å². The van der Waals surface area contributed by atoms with Crippen LogP contribution in [0, 0.1) is 17.0 Å². The molecule has 0 atom stereocenters. The van der Waals surface area contributed by atoms with Crippen LogP contribution in [0.5, 0.6) is 0 Å². The minimum absolute atomic E-state index is 0.0241. The molecule has 10 heteroatoms. The summed E-state index contributed by atoms with van der Waals surface area (Å²) in [5.74, 6) is 0.490. The van der Waals surface area contributed by atoms with Gasteiger partial charge < -0.3 is 5.32 Å². The zero-order valence-corrected chi connectivity index (χ0v) is 18.8. The van der Waals surface area contributed by atoms with Crippen LogP contribution in [0.4, 0.5) is 17.1 Å². The van der Waals surface area contributed by atoms with Crippen LogP contribution in [0.3, 0.4) is 0 Å². The normalized spacial score (nSPS) is 11.0. The Kier molecular flexibility index (Phi) is 7.49. The lowest BCUT2D eigenvalue weighted by atomic mass is 10.2. The minimum Gasteiger partial charge on any atom is -0.325 e. The Balaban J connectivity index is 1.51. The van der Waals surface area contributed by atoms with E-state index in [4.69, 9.17) is 0 Å². The number of nitrogens with one attached hydrogen (secondary N) is 2. The predicted octanol–water partition coefficient (Wildman–Crippen LogP) is 4.58. The van der Waals surface area contributed by atoms with Gasteiger partial charge in [-0.3, -0.25) is 19.6 Å². The largest absolute Gasteiger partial charge is 0.325 e. The highest BCUT2D eigenvalue weighted by atomic mass is 32.2. The summed E-state index contributed by atoms with van der Waals surface area (Å²) in [5.41, 5.74) is 2.81. The highest BCUT2D eigenvalue weighted by molar-refractivity contribution is 7.99. The van der Waals surface area contributed by atoms with Gasteiger partial charge in [-0.05, 0) is 54.4 Å². The number of sulfonamides is 1. The molecule has 0 saturated carbocycles. The molecule has 3 aromatic carbocycles. The maximum atomic E-state index is 12.5. The van der Waals surface area contributed by atoms with Crippen LogP contribution in [0.25, 0.3) is 0 Å². The number of hydrogen-bond donors (Lipinski definition) is 2. The van der Waals surface area contributed by atoms with Gasteiger partial charge in [-0.15, -0.1) is 11.8 Å². The van der Waals surface area contributed by atoms with Gasteiger partial charge >= 0.3 is 0 Å². The first kappa shape index (κ1) is 23.3. The summed E-state index contributed by atoms with van der Waals surface area (Å²) in [7, 11) is -3.74. The molecule has 32 heavy (non-hydrogen) atoms. The quantitative estimate of drug-likeness (QED) is 0.348. The molecule has 2 N–H and O–H groups in total. The van der Waals surface area contributed by atoms with Gasteiger partial charge in [-0.2, -0.15) is 0 Å². The molecule has 0 bridgehead atoms. The lowest BCUT2D eigenvalue weighted by Crippen LogP contribution is -2.15. The Labute approximate surface area is 190 Å². The molecule has 0 aliphatic carbocycles. The van der Waals surface area contributed by atoms with Crippen molar-refractivity contribution in [3.05, 3.63) is 94.0 Å². The SMILES string of the molecule is Cc1cccc(NS(=O)(=O)c2ccc(NC(=O)CSCc3ccc([N+](=O)[O-])cc3)cc2)c1. The highest BCUT2D eigenvalue weighted by Gasteiger charge is 2.14. The Hall–Kier alpha value is -3.37. The van der Waals surface area contributed by atoms with E-state index in [0.717, 1.165) is 11.1 Å². The highest BCUT2D eigenvalue weighted by Crippen LogP contribution is 2.20. The number of aryl methyl sites for hydroxylation is 1. The summed E-state index contributed by atoms with van der Waals surface area (Å²) >= 11 is 1.37. The van der Waals surface area contributed by atoms with E-state index in [9.17, 15) is 23.3 Å². The van der Waals surface area contributed by atoms with Crippen LogP contribution in [0.1, 0.15) is 11.1 Å². The van der Waals surface area contributed by atoms with Crippen LogP contribution in [0.2, 0.25) is 0 Å². The number of anilines is 2. The molecule has 0 radical (unpaired) electrons. The van der Waals surface area contributed by atoms with E-state index in [-0.39, 0.29) is 22.2 Å². The minimum atomic E-state index is -3.74. The molecule has 0 unspecified atom stereocenters. The molecule has 166 valence electrons. The average molecular weight is 472 g/mol. The van der Waals surface area contributed by atoms with Crippen molar-refractivity contribution in [2.24, 2.45) is 0 Å². The lowest BCUT2D eigenvalue weighted by Gasteiger charge is -2.10. The molecule has 0 aromatic heterocycles. The summed E-state index contributed by atoms with van der Waals surface area (Å²) < 4.78 is 27.6. The van der Waals surface area contributed by atoms with Gasteiger partial charge in [0.2, 0.25) is 5.91 Å². The molecule has 0 spiro atoms. The number of carbonyl (C=O) groups is 1. The van der Waals surface area contributed by atoms with Crippen molar-refractivity contribution in [3.63, 3.8) is 0 Å². The average Bonchev–Trinajstić information content (AvgIpc) is 2.74. The molecule has 0 saturated heterocycles. The van der Waals surface area contributed by atoms with Crippen LogP contribution in [-0.4, -0.2) is 25.0 Å².